The maximum absolute atomic E-state index is 12.9. The number of nitrogens with one attached hydrogen (secondary N) is 1. The van der Waals surface area contributed by atoms with Gasteiger partial charge in [-0.3, -0.25) is 9.69 Å². The van der Waals surface area contributed by atoms with E-state index >= 15 is 0 Å². The van der Waals surface area contributed by atoms with E-state index in [0.29, 0.717) is 24.5 Å². The molecule has 4 rings (SSSR count). The van der Waals surface area contributed by atoms with Gasteiger partial charge in [-0.1, -0.05) is 12.8 Å². The summed E-state index contributed by atoms with van der Waals surface area (Å²) >= 11 is 0. The molecule has 0 radical (unpaired) electrons. The normalized spacial score (nSPS) is 31.3. The lowest BCUT2D eigenvalue weighted by molar-refractivity contribution is -0.139. The first-order chi connectivity index (χ1) is 11.8. The lowest BCUT2D eigenvalue weighted by atomic mass is 9.78. The molecule has 4 nitrogen and oxygen atoms in total. The van der Waals surface area contributed by atoms with Crippen LogP contribution >= 0.6 is 12.4 Å². The quantitative estimate of drug-likeness (QED) is 0.809. The SMILES string of the molecule is Cl.O=C(CN1CCC(NCC2CC2)CC1)N1CCCC2CCCCC21. The van der Waals surface area contributed by atoms with Gasteiger partial charge in [-0.2, -0.15) is 0 Å². The second-order valence-corrected chi connectivity index (χ2v) is 8.74. The summed E-state index contributed by atoms with van der Waals surface area (Å²) in [6, 6.07) is 1.26. The van der Waals surface area contributed by atoms with E-state index in [4.69, 9.17) is 0 Å². The fraction of sp³-hybridized carbons (Fsp3) is 0.950. The second kappa shape index (κ2) is 9.05. The number of likely N-dealkylation sites (tertiary alicyclic amines) is 2. The third kappa shape index (κ3) is 5.11. The first kappa shape index (κ1) is 19.4. The van der Waals surface area contributed by atoms with Crippen LogP contribution in [-0.4, -0.2) is 60.5 Å². The summed E-state index contributed by atoms with van der Waals surface area (Å²) < 4.78 is 0. The fourth-order valence-electron chi connectivity index (χ4n) is 5.17. The molecular formula is C20H36ClN3O. The Morgan fingerprint density at radius 1 is 0.880 bits per heavy atom. The molecule has 1 amide bonds. The number of halogens is 1. The highest BCUT2D eigenvalue weighted by Crippen LogP contribution is 2.35. The van der Waals surface area contributed by atoms with Crippen molar-refractivity contribution < 1.29 is 4.79 Å². The van der Waals surface area contributed by atoms with Gasteiger partial charge < -0.3 is 10.2 Å². The fourth-order valence-corrected chi connectivity index (χ4v) is 5.17. The van der Waals surface area contributed by atoms with Gasteiger partial charge in [0.1, 0.15) is 0 Å². The van der Waals surface area contributed by atoms with Crippen LogP contribution in [0.3, 0.4) is 0 Å². The van der Waals surface area contributed by atoms with Gasteiger partial charge in [-0.15, -0.1) is 12.4 Å². The molecule has 0 bridgehead atoms. The topological polar surface area (TPSA) is 35.6 Å². The van der Waals surface area contributed by atoms with Crippen molar-refractivity contribution in [2.45, 2.75) is 76.3 Å². The number of piperidine rings is 2. The third-order valence-electron chi connectivity index (χ3n) is 6.90. The molecular weight excluding hydrogens is 334 g/mol. The zero-order valence-corrected chi connectivity index (χ0v) is 16.4. The Labute approximate surface area is 159 Å². The van der Waals surface area contributed by atoms with Crippen LogP contribution in [0.4, 0.5) is 0 Å². The summed E-state index contributed by atoms with van der Waals surface area (Å²) in [6.45, 7) is 5.09. The Morgan fingerprint density at radius 3 is 2.36 bits per heavy atom. The van der Waals surface area contributed by atoms with Crippen molar-refractivity contribution in [1.82, 2.24) is 15.1 Å². The molecule has 2 saturated heterocycles. The number of rotatable bonds is 5. The van der Waals surface area contributed by atoms with Crippen LogP contribution in [-0.2, 0) is 4.79 Å². The molecule has 4 aliphatic rings. The van der Waals surface area contributed by atoms with Crippen molar-refractivity contribution >= 4 is 18.3 Å². The van der Waals surface area contributed by atoms with Gasteiger partial charge in [0.05, 0.1) is 6.54 Å². The Hall–Kier alpha value is -0.320. The van der Waals surface area contributed by atoms with Crippen LogP contribution in [0.25, 0.3) is 0 Å². The summed E-state index contributed by atoms with van der Waals surface area (Å²) in [5.74, 6) is 2.18. The van der Waals surface area contributed by atoms with Crippen molar-refractivity contribution in [3.8, 4) is 0 Å². The molecule has 1 N–H and O–H groups in total. The number of carbonyl (C=O) groups excluding carboxylic acids is 1. The third-order valence-corrected chi connectivity index (χ3v) is 6.90. The van der Waals surface area contributed by atoms with Gasteiger partial charge in [-0.25, -0.2) is 0 Å². The highest BCUT2D eigenvalue weighted by molar-refractivity contribution is 5.85. The predicted octanol–water partition coefficient (Wildman–Crippen LogP) is 3.05. The Kier molecular flexibility index (Phi) is 7.04. The first-order valence-electron chi connectivity index (χ1n) is 10.5. The Morgan fingerprint density at radius 2 is 1.60 bits per heavy atom. The number of fused-ring (bicyclic) bond motifs is 1. The lowest BCUT2D eigenvalue weighted by Crippen LogP contribution is -2.53. The molecule has 2 atom stereocenters. The molecule has 2 aliphatic carbocycles. The molecule has 0 aromatic carbocycles. The molecule has 5 heteroatoms. The lowest BCUT2D eigenvalue weighted by Gasteiger charge is -2.45. The standard InChI is InChI=1S/C20H35N3O.ClH/c24-20(23-11-3-5-17-4-1-2-6-19(17)23)15-22-12-9-18(10-13-22)21-14-16-7-8-16;/h16-19,21H,1-15H2;1H. The van der Waals surface area contributed by atoms with E-state index in [-0.39, 0.29) is 12.4 Å². The van der Waals surface area contributed by atoms with E-state index in [2.05, 4.69) is 15.1 Å². The molecule has 0 aromatic rings. The van der Waals surface area contributed by atoms with Crippen molar-refractivity contribution in [1.29, 1.82) is 0 Å². The molecule has 4 fully saturated rings. The van der Waals surface area contributed by atoms with Crippen LogP contribution in [0.5, 0.6) is 0 Å². The average Bonchev–Trinajstić information content (AvgIpc) is 3.45. The summed E-state index contributed by atoms with van der Waals surface area (Å²) in [7, 11) is 0. The maximum Gasteiger partial charge on any atom is 0.237 e. The van der Waals surface area contributed by atoms with Crippen LogP contribution < -0.4 is 5.32 Å². The van der Waals surface area contributed by atoms with Gasteiger partial charge in [0, 0.05) is 31.7 Å². The molecule has 0 spiro atoms. The largest absolute Gasteiger partial charge is 0.338 e. The predicted molar refractivity (Wildman–Crippen MR) is 104 cm³/mol. The summed E-state index contributed by atoms with van der Waals surface area (Å²) in [5, 5.41) is 3.74. The summed E-state index contributed by atoms with van der Waals surface area (Å²) in [4.78, 5) is 17.6. The van der Waals surface area contributed by atoms with E-state index in [0.717, 1.165) is 31.5 Å². The van der Waals surface area contributed by atoms with E-state index < -0.39 is 0 Å². The molecule has 2 saturated carbocycles. The van der Waals surface area contributed by atoms with Gasteiger partial charge in [0.2, 0.25) is 5.91 Å². The maximum atomic E-state index is 12.9. The zero-order chi connectivity index (χ0) is 16.4. The van der Waals surface area contributed by atoms with Gasteiger partial charge in [0.15, 0.2) is 0 Å². The minimum Gasteiger partial charge on any atom is -0.338 e. The van der Waals surface area contributed by atoms with Crippen molar-refractivity contribution in [3.63, 3.8) is 0 Å². The van der Waals surface area contributed by atoms with E-state index in [1.165, 1.54) is 70.8 Å². The smallest absolute Gasteiger partial charge is 0.237 e. The van der Waals surface area contributed by atoms with Crippen LogP contribution in [0, 0.1) is 11.8 Å². The van der Waals surface area contributed by atoms with Crippen LogP contribution in [0.15, 0.2) is 0 Å². The van der Waals surface area contributed by atoms with Crippen molar-refractivity contribution in [3.05, 3.63) is 0 Å². The summed E-state index contributed by atoms with van der Waals surface area (Å²) in [6.07, 6.45) is 13.2. The number of hydrogen-bond donors (Lipinski definition) is 1. The molecule has 25 heavy (non-hydrogen) atoms. The Balaban J connectivity index is 0.00000182. The highest BCUT2D eigenvalue weighted by Gasteiger charge is 2.36. The van der Waals surface area contributed by atoms with Gasteiger partial charge in [-0.05, 0) is 69.7 Å². The van der Waals surface area contributed by atoms with Gasteiger partial charge >= 0.3 is 0 Å². The van der Waals surface area contributed by atoms with Crippen LogP contribution in [0.1, 0.15) is 64.2 Å². The second-order valence-electron chi connectivity index (χ2n) is 8.74. The minimum atomic E-state index is 0. The molecule has 2 aliphatic heterocycles. The number of nitrogens with zero attached hydrogens (tertiary/aromatic N) is 2. The van der Waals surface area contributed by atoms with Gasteiger partial charge in [0.25, 0.3) is 0 Å². The van der Waals surface area contributed by atoms with E-state index in [1.54, 1.807) is 0 Å². The molecule has 2 heterocycles. The van der Waals surface area contributed by atoms with Crippen molar-refractivity contribution in [2.75, 3.05) is 32.7 Å². The molecule has 2 unspecified atom stereocenters. The van der Waals surface area contributed by atoms with E-state index in [1.807, 2.05) is 0 Å². The number of hydrogen-bond acceptors (Lipinski definition) is 3. The zero-order valence-electron chi connectivity index (χ0n) is 15.6. The Bertz CT molecular complexity index is 433. The number of amides is 1. The minimum absolute atomic E-state index is 0. The molecule has 144 valence electrons. The number of carbonyl (C=O) groups is 1. The molecule has 0 aromatic heterocycles. The first-order valence-corrected chi connectivity index (χ1v) is 10.5. The monoisotopic (exact) mass is 369 g/mol. The van der Waals surface area contributed by atoms with E-state index in [9.17, 15) is 4.79 Å². The van der Waals surface area contributed by atoms with Crippen LogP contribution in [0.2, 0.25) is 0 Å². The summed E-state index contributed by atoms with van der Waals surface area (Å²) in [5.41, 5.74) is 0. The highest BCUT2D eigenvalue weighted by atomic mass is 35.5. The van der Waals surface area contributed by atoms with Crippen molar-refractivity contribution in [2.24, 2.45) is 11.8 Å². The average molecular weight is 370 g/mol.